The summed E-state index contributed by atoms with van der Waals surface area (Å²) in [4.78, 5) is 0. The van der Waals surface area contributed by atoms with Gasteiger partial charge in [0.2, 0.25) is 0 Å². The fraction of sp³-hybridized carbons (Fsp3) is 0.917. The summed E-state index contributed by atoms with van der Waals surface area (Å²) in [6.07, 6.45) is -0.0323. The van der Waals surface area contributed by atoms with Crippen LogP contribution in [0.2, 0.25) is 0 Å². The fourth-order valence-electron chi connectivity index (χ4n) is 2.26. The minimum Gasteiger partial charge on any atom is -0.329 e. The molecule has 128 valence electrons. The average Bonchev–Trinajstić information content (AvgIpc) is 3.07. The second kappa shape index (κ2) is 7.30. The van der Waals surface area contributed by atoms with Crippen molar-refractivity contribution in [1.29, 1.82) is 0 Å². The Hall–Kier alpha value is -1.32. The first kappa shape index (κ1) is 18.7. The molecule has 1 aliphatic heterocycles. The van der Waals surface area contributed by atoms with Crippen LogP contribution in [0.4, 0.5) is 22.0 Å². The number of hydrogen-bond acceptors (Lipinski definition) is 3. The maximum Gasteiger partial charge on any atom is 0.458 e. The topological polar surface area (TPSA) is 52.8 Å². The standard InChI is InChI=1S/C9H20N.C3F5N4/c1-3-4-7-10(2)8-5-6-9-10;4-2(5,3(6,7)8)1-9-11-12-10-1/h3-9H2,1-2H3;/q+1;-1. The van der Waals surface area contributed by atoms with E-state index in [0.717, 1.165) is 0 Å². The van der Waals surface area contributed by atoms with Crippen LogP contribution in [0, 0.1) is 0 Å². The van der Waals surface area contributed by atoms with E-state index in [-0.39, 0.29) is 0 Å². The van der Waals surface area contributed by atoms with Gasteiger partial charge in [0.15, 0.2) is 0 Å². The second-order valence-electron chi connectivity index (χ2n) is 5.63. The van der Waals surface area contributed by atoms with Gasteiger partial charge in [0, 0.05) is 12.8 Å². The monoisotopic (exact) mass is 329 g/mol. The highest BCUT2D eigenvalue weighted by atomic mass is 19.4. The Morgan fingerprint density at radius 1 is 1.14 bits per heavy atom. The van der Waals surface area contributed by atoms with Gasteiger partial charge >= 0.3 is 12.1 Å². The second-order valence-corrected chi connectivity index (χ2v) is 5.63. The summed E-state index contributed by atoms with van der Waals surface area (Å²) in [7, 11) is 2.41. The minimum atomic E-state index is -5.72. The lowest BCUT2D eigenvalue weighted by Gasteiger charge is -2.28. The van der Waals surface area contributed by atoms with Crippen molar-refractivity contribution in [2.24, 2.45) is 0 Å². The van der Waals surface area contributed by atoms with E-state index in [1.807, 2.05) is 0 Å². The molecule has 0 radical (unpaired) electrons. The van der Waals surface area contributed by atoms with E-state index in [1.165, 1.54) is 49.8 Å². The summed E-state index contributed by atoms with van der Waals surface area (Å²) in [6, 6.07) is 0. The number of quaternary nitrogens is 1. The molecule has 1 aliphatic rings. The first-order valence-electron chi connectivity index (χ1n) is 7.10. The molecular weight excluding hydrogens is 309 g/mol. The number of rotatable bonds is 4. The third-order valence-corrected chi connectivity index (χ3v) is 3.65. The van der Waals surface area contributed by atoms with E-state index in [9.17, 15) is 22.0 Å². The van der Waals surface area contributed by atoms with Crippen molar-refractivity contribution >= 4 is 0 Å². The minimum absolute atomic E-state index is 1.36. The van der Waals surface area contributed by atoms with Crippen molar-refractivity contribution in [3.63, 3.8) is 0 Å². The van der Waals surface area contributed by atoms with Crippen molar-refractivity contribution < 1.29 is 26.4 Å². The average molecular weight is 329 g/mol. The van der Waals surface area contributed by atoms with E-state index >= 15 is 0 Å². The van der Waals surface area contributed by atoms with Gasteiger partial charge in [0.1, 0.15) is 0 Å². The van der Waals surface area contributed by atoms with Gasteiger partial charge in [-0.05, 0) is 6.42 Å². The van der Waals surface area contributed by atoms with Crippen LogP contribution >= 0.6 is 0 Å². The molecule has 1 aromatic rings. The first-order valence-corrected chi connectivity index (χ1v) is 7.10. The highest BCUT2D eigenvalue weighted by Gasteiger charge is 2.58. The van der Waals surface area contributed by atoms with Gasteiger partial charge in [0.05, 0.1) is 32.5 Å². The molecule has 2 heterocycles. The van der Waals surface area contributed by atoms with Gasteiger partial charge in [-0.3, -0.25) is 10.3 Å². The van der Waals surface area contributed by atoms with Crippen molar-refractivity contribution in [3.8, 4) is 0 Å². The number of aromatic nitrogens is 4. The van der Waals surface area contributed by atoms with Crippen LogP contribution in [0.1, 0.15) is 38.4 Å². The highest BCUT2D eigenvalue weighted by Crippen LogP contribution is 2.41. The fourth-order valence-corrected chi connectivity index (χ4v) is 2.26. The third kappa shape index (κ3) is 4.85. The van der Waals surface area contributed by atoms with Gasteiger partial charge in [-0.15, -0.1) is 0 Å². The van der Waals surface area contributed by atoms with Crippen LogP contribution in [0.25, 0.3) is 0 Å². The van der Waals surface area contributed by atoms with Crippen molar-refractivity contribution in [2.75, 3.05) is 26.7 Å². The summed E-state index contributed by atoms with van der Waals surface area (Å²) in [5, 5.41) is 9.85. The van der Waals surface area contributed by atoms with Gasteiger partial charge < -0.3 is 9.58 Å². The predicted octanol–water partition coefficient (Wildman–Crippen LogP) is 2.51. The van der Waals surface area contributed by atoms with E-state index in [1.54, 1.807) is 0 Å². The SMILES string of the molecule is CCCC[N+]1(C)CCCC1.FC(F)(F)C(F)(F)c1nnn[n-]1. The van der Waals surface area contributed by atoms with Crippen LogP contribution in [-0.4, -0.2) is 52.9 Å². The van der Waals surface area contributed by atoms with Crippen LogP contribution in [0.3, 0.4) is 0 Å². The molecule has 0 aliphatic carbocycles. The quantitative estimate of drug-likeness (QED) is 0.629. The molecule has 0 unspecified atom stereocenters. The number of tetrazole rings is 1. The molecule has 0 spiro atoms. The van der Waals surface area contributed by atoms with Crippen molar-refractivity contribution in [1.82, 2.24) is 20.6 Å². The maximum atomic E-state index is 12.2. The number of halogens is 5. The summed E-state index contributed by atoms with van der Waals surface area (Å²) < 4.78 is 60.2. The molecule has 0 bridgehead atoms. The van der Waals surface area contributed by atoms with Gasteiger partial charge in [-0.1, -0.05) is 13.3 Å². The molecule has 1 fully saturated rings. The Morgan fingerprint density at radius 3 is 2.14 bits per heavy atom. The van der Waals surface area contributed by atoms with E-state index in [0.29, 0.717) is 0 Å². The summed E-state index contributed by atoms with van der Waals surface area (Å²) >= 11 is 0. The molecule has 1 aromatic heterocycles. The molecule has 10 heteroatoms. The Morgan fingerprint density at radius 2 is 1.73 bits per heavy atom. The largest absolute Gasteiger partial charge is 0.458 e. The van der Waals surface area contributed by atoms with Gasteiger partial charge in [-0.25, -0.2) is 0 Å². The lowest BCUT2D eigenvalue weighted by molar-refractivity contribution is -0.897. The molecule has 0 saturated carbocycles. The molecule has 0 N–H and O–H groups in total. The molecular formula is C12H20F5N5. The van der Waals surface area contributed by atoms with Crippen LogP contribution in [0.15, 0.2) is 0 Å². The van der Waals surface area contributed by atoms with E-state index < -0.39 is 17.9 Å². The molecule has 2 rings (SSSR count). The molecule has 0 atom stereocenters. The zero-order valence-electron chi connectivity index (χ0n) is 12.6. The number of likely N-dealkylation sites (tertiary alicyclic amines) is 1. The summed E-state index contributed by atoms with van der Waals surface area (Å²) in [5.74, 6) is -6.83. The number of hydrogen-bond donors (Lipinski definition) is 0. The smallest absolute Gasteiger partial charge is 0.329 e. The first-order chi connectivity index (χ1) is 10.1. The third-order valence-electron chi connectivity index (χ3n) is 3.65. The van der Waals surface area contributed by atoms with E-state index in [4.69, 9.17) is 0 Å². The van der Waals surface area contributed by atoms with Crippen molar-refractivity contribution in [2.45, 2.75) is 44.7 Å². The zero-order chi connectivity index (χ0) is 16.9. The Balaban J connectivity index is 0.000000224. The molecule has 1 saturated heterocycles. The lowest BCUT2D eigenvalue weighted by Crippen LogP contribution is -2.41. The normalized spacial score (nSPS) is 18.0. The predicted molar refractivity (Wildman–Crippen MR) is 68.0 cm³/mol. The molecule has 22 heavy (non-hydrogen) atoms. The summed E-state index contributed by atoms with van der Waals surface area (Å²) in [6.45, 7) is 6.55. The summed E-state index contributed by atoms with van der Waals surface area (Å²) in [5.41, 5.74) is 0. The van der Waals surface area contributed by atoms with E-state index in [2.05, 4.69) is 34.6 Å². The molecule has 0 amide bonds. The highest BCUT2D eigenvalue weighted by molar-refractivity contribution is 4.94. The Labute approximate surface area is 125 Å². The van der Waals surface area contributed by atoms with Crippen LogP contribution < -0.4 is 5.10 Å². The van der Waals surface area contributed by atoms with Gasteiger partial charge in [0.25, 0.3) is 0 Å². The number of nitrogens with zero attached hydrogens (tertiary/aromatic N) is 5. The van der Waals surface area contributed by atoms with Crippen LogP contribution in [0.5, 0.6) is 0 Å². The lowest BCUT2D eigenvalue weighted by atomic mass is 10.3. The number of alkyl halides is 5. The maximum absolute atomic E-state index is 12.2. The van der Waals surface area contributed by atoms with Crippen LogP contribution in [-0.2, 0) is 5.92 Å². The van der Waals surface area contributed by atoms with Gasteiger partial charge in [-0.2, -0.15) is 27.2 Å². The molecule has 5 nitrogen and oxygen atoms in total. The Bertz CT molecular complexity index is 426. The van der Waals surface area contributed by atoms with Crippen molar-refractivity contribution in [3.05, 3.63) is 5.82 Å². The zero-order valence-corrected chi connectivity index (χ0v) is 12.6. The number of unbranched alkanes of at least 4 members (excludes halogenated alkanes) is 1. The molecule has 0 aromatic carbocycles. The Kier molecular flexibility index (Phi) is 6.21.